The zero-order valence-corrected chi connectivity index (χ0v) is 20.0. The highest BCUT2D eigenvalue weighted by Crippen LogP contribution is 2.31. The summed E-state index contributed by atoms with van der Waals surface area (Å²) in [4.78, 5) is 38.1. The number of amides is 1. The van der Waals surface area contributed by atoms with Crippen LogP contribution in [0.4, 0.5) is 5.82 Å². The maximum Gasteiger partial charge on any atom is 0.303 e. The quantitative estimate of drug-likeness (QED) is 0.578. The van der Waals surface area contributed by atoms with Gasteiger partial charge in [-0.1, -0.05) is 13.0 Å². The summed E-state index contributed by atoms with van der Waals surface area (Å²) in [5.41, 5.74) is 1.71. The van der Waals surface area contributed by atoms with Crippen molar-refractivity contribution in [2.75, 3.05) is 36.8 Å². The Labute approximate surface area is 199 Å². The van der Waals surface area contributed by atoms with E-state index in [1.54, 1.807) is 11.8 Å². The molecule has 2 aliphatic heterocycles. The van der Waals surface area contributed by atoms with Crippen LogP contribution in [0.2, 0.25) is 0 Å². The van der Waals surface area contributed by atoms with E-state index in [0.29, 0.717) is 18.7 Å². The van der Waals surface area contributed by atoms with Crippen LogP contribution in [-0.2, 0) is 4.79 Å². The van der Waals surface area contributed by atoms with E-state index in [0.717, 1.165) is 61.1 Å². The normalized spacial score (nSPS) is 20.8. The summed E-state index contributed by atoms with van der Waals surface area (Å²) in [7, 11) is 0. The Morgan fingerprint density at radius 2 is 2.03 bits per heavy atom. The van der Waals surface area contributed by atoms with Crippen molar-refractivity contribution in [1.82, 2.24) is 14.9 Å². The lowest BCUT2D eigenvalue weighted by molar-refractivity contribution is -0.138. The predicted octanol–water partition coefficient (Wildman–Crippen LogP) is 4.30. The van der Waals surface area contributed by atoms with Crippen LogP contribution in [-0.4, -0.2) is 63.8 Å². The lowest BCUT2D eigenvalue weighted by Crippen LogP contribution is -2.37. The van der Waals surface area contributed by atoms with Crippen molar-refractivity contribution in [2.45, 2.75) is 50.0 Å². The summed E-state index contributed by atoms with van der Waals surface area (Å²) in [5, 5.41) is 9.95. The Hall–Kier alpha value is -2.61. The first-order valence-corrected chi connectivity index (χ1v) is 12.8. The molecule has 0 aliphatic carbocycles. The molecule has 0 saturated carbocycles. The van der Waals surface area contributed by atoms with Crippen molar-refractivity contribution in [3.8, 4) is 0 Å². The molecule has 2 saturated heterocycles. The molecule has 0 radical (unpaired) electrons. The monoisotopic (exact) mass is 468 g/mol. The van der Waals surface area contributed by atoms with E-state index in [4.69, 9.17) is 4.98 Å². The number of aromatic nitrogens is 2. The van der Waals surface area contributed by atoms with Gasteiger partial charge in [0.25, 0.3) is 5.91 Å². The number of carboxylic acid groups (broad SMARTS) is 1. The average Bonchev–Trinajstić information content (AvgIpc) is 3.33. The second-order valence-electron chi connectivity index (χ2n) is 8.91. The number of carbonyl (C=O) groups excluding carboxylic acids is 1. The Morgan fingerprint density at radius 3 is 2.79 bits per heavy atom. The molecule has 4 heterocycles. The fourth-order valence-electron chi connectivity index (χ4n) is 4.74. The number of hydrogen-bond donors (Lipinski definition) is 1. The molecule has 0 aromatic carbocycles. The highest BCUT2D eigenvalue weighted by atomic mass is 32.2. The van der Waals surface area contributed by atoms with Gasteiger partial charge in [-0.15, -0.1) is 11.8 Å². The molecule has 0 bridgehead atoms. The van der Waals surface area contributed by atoms with Gasteiger partial charge in [-0.05, 0) is 61.6 Å². The minimum Gasteiger partial charge on any atom is -0.481 e. The van der Waals surface area contributed by atoms with Gasteiger partial charge in [-0.3, -0.25) is 14.6 Å². The number of piperidine rings is 1. The highest BCUT2D eigenvalue weighted by molar-refractivity contribution is 7.99. The first-order valence-electron chi connectivity index (χ1n) is 11.9. The van der Waals surface area contributed by atoms with Crippen LogP contribution in [0.3, 0.4) is 0 Å². The minimum absolute atomic E-state index is 0.0356. The molecule has 176 valence electrons. The fourth-order valence-corrected chi connectivity index (χ4v) is 5.61. The van der Waals surface area contributed by atoms with Crippen LogP contribution in [0.1, 0.15) is 61.0 Å². The number of nitrogens with zero attached hydrogens (tertiary/aromatic N) is 4. The molecule has 33 heavy (non-hydrogen) atoms. The molecule has 4 rings (SSSR count). The van der Waals surface area contributed by atoms with Crippen molar-refractivity contribution >= 4 is 29.5 Å². The van der Waals surface area contributed by atoms with E-state index in [-0.39, 0.29) is 24.2 Å². The summed E-state index contributed by atoms with van der Waals surface area (Å²) in [6.45, 7) is 5.09. The predicted molar refractivity (Wildman–Crippen MR) is 130 cm³/mol. The number of rotatable bonds is 8. The van der Waals surface area contributed by atoms with Crippen LogP contribution in [0, 0.1) is 5.92 Å². The Balaban J connectivity index is 1.50. The molecule has 7 nitrogen and oxygen atoms in total. The zero-order chi connectivity index (χ0) is 23.2. The van der Waals surface area contributed by atoms with E-state index < -0.39 is 5.97 Å². The van der Waals surface area contributed by atoms with Gasteiger partial charge in [-0.2, -0.15) is 0 Å². The SMILES string of the molecule is CCCSc1nc(N2CCCC(CC(=O)O)C2)ccc1C(=O)N1CCC(c2ccccn2)C1. The number of aliphatic carboxylic acids is 1. The van der Waals surface area contributed by atoms with Crippen LogP contribution < -0.4 is 4.90 Å². The maximum atomic E-state index is 13.4. The van der Waals surface area contributed by atoms with Gasteiger partial charge < -0.3 is 14.9 Å². The minimum atomic E-state index is -0.746. The van der Waals surface area contributed by atoms with E-state index in [2.05, 4.69) is 16.8 Å². The zero-order valence-electron chi connectivity index (χ0n) is 19.2. The van der Waals surface area contributed by atoms with Crippen molar-refractivity contribution in [3.05, 3.63) is 47.8 Å². The number of likely N-dealkylation sites (tertiary alicyclic amines) is 1. The lowest BCUT2D eigenvalue weighted by Gasteiger charge is -2.33. The smallest absolute Gasteiger partial charge is 0.303 e. The average molecular weight is 469 g/mol. The molecule has 2 unspecified atom stereocenters. The molecule has 1 N–H and O–H groups in total. The van der Waals surface area contributed by atoms with Gasteiger partial charge in [0.15, 0.2) is 0 Å². The third-order valence-electron chi connectivity index (χ3n) is 6.41. The van der Waals surface area contributed by atoms with Crippen molar-refractivity contribution in [2.24, 2.45) is 5.92 Å². The van der Waals surface area contributed by atoms with Crippen molar-refractivity contribution in [1.29, 1.82) is 0 Å². The van der Waals surface area contributed by atoms with E-state index in [1.165, 1.54) is 0 Å². The standard InChI is InChI=1S/C25H32N4O3S/c1-2-14-33-24-20(25(32)29-13-10-19(17-29)21-7-3-4-11-26-21)8-9-22(27-24)28-12-5-6-18(16-28)15-23(30)31/h3-4,7-9,11,18-19H,2,5-6,10,12-17H2,1H3,(H,30,31). The molecule has 8 heteroatoms. The Kier molecular flexibility index (Phi) is 7.85. The van der Waals surface area contributed by atoms with Gasteiger partial charge in [0.2, 0.25) is 0 Å². The number of pyridine rings is 2. The summed E-state index contributed by atoms with van der Waals surface area (Å²) in [5.74, 6) is 1.44. The second kappa shape index (κ2) is 11.0. The van der Waals surface area contributed by atoms with Crippen molar-refractivity contribution < 1.29 is 14.7 Å². The van der Waals surface area contributed by atoms with E-state index >= 15 is 0 Å². The van der Waals surface area contributed by atoms with Gasteiger partial charge in [0, 0.05) is 50.4 Å². The topological polar surface area (TPSA) is 86.6 Å². The van der Waals surface area contributed by atoms with E-state index in [1.807, 2.05) is 41.4 Å². The largest absolute Gasteiger partial charge is 0.481 e. The van der Waals surface area contributed by atoms with Gasteiger partial charge >= 0.3 is 5.97 Å². The molecule has 1 amide bonds. The highest BCUT2D eigenvalue weighted by Gasteiger charge is 2.31. The Morgan fingerprint density at radius 1 is 1.15 bits per heavy atom. The van der Waals surface area contributed by atoms with Crippen LogP contribution in [0.5, 0.6) is 0 Å². The second-order valence-corrected chi connectivity index (χ2v) is 10.00. The maximum absolute atomic E-state index is 13.4. The summed E-state index contributed by atoms with van der Waals surface area (Å²) in [6, 6.07) is 9.79. The summed E-state index contributed by atoms with van der Waals surface area (Å²) in [6.07, 6.45) is 5.81. The fraction of sp³-hybridized carbons (Fsp3) is 0.520. The van der Waals surface area contributed by atoms with Crippen molar-refractivity contribution in [3.63, 3.8) is 0 Å². The first-order chi connectivity index (χ1) is 16.0. The third kappa shape index (κ3) is 5.85. The van der Waals surface area contributed by atoms with Gasteiger partial charge in [-0.25, -0.2) is 4.98 Å². The number of carboxylic acids is 1. The number of anilines is 1. The van der Waals surface area contributed by atoms with E-state index in [9.17, 15) is 14.7 Å². The molecular formula is C25H32N4O3S. The number of thioether (sulfide) groups is 1. The van der Waals surface area contributed by atoms with Crippen LogP contribution in [0.25, 0.3) is 0 Å². The summed E-state index contributed by atoms with van der Waals surface area (Å²) >= 11 is 1.63. The molecule has 2 aromatic heterocycles. The first kappa shape index (κ1) is 23.5. The molecule has 2 fully saturated rings. The molecule has 2 aromatic rings. The molecule has 2 aliphatic rings. The van der Waals surface area contributed by atoms with Crippen LogP contribution in [0.15, 0.2) is 41.6 Å². The van der Waals surface area contributed by atoms with Gasteiger partial charge in [0.05, 0.1) is 5.56 Å². The number of hydrogen-bond acceptors (Lipinski definition) is 6. The summed E-state index contributed by atoms with van der Waals surface area (Å²) < 4.78 is 0. The number of carbonyl (C=O) groups is 2. The molecular weight excluding hydrogens is 436 g/mol. The Bertz CT molecular complexity index is 971. The third-order valence-corrected chi connectivity index (χ3v) is 7.60. The lowest BCUT2D eigenvalue weighted by atomic mass is 9.95. The van der Waals surface area contributed by atoms with Crippen LogP contribution >= 0.6 is 11.8 Å². The molecule has 2 atom stereocenters. The van der Waals surface area contributed by atoms with Gasteiger partial charge in [0.1, 0.15) is 10.8 Å². The molecule has 0 spiro atoms.